The van der Waals surface area contributed by atoms with Gasteiger partial charge in [0.25, 0.3) is 0 Å². The van der Waals surface area contributed by atoms with Gasteiger partial charge in [-0.2, -0.15) is 0 Å². The quantitative estimate of drug-likeness (QED) is 0.510. The standard InChI is InChI=1S/C11H11NO3/c1-7(13)15-9-4-3-8-5-11(14)12(2)10(8)6-9/h3-4,6H,5H2,1-2H3. The predicted octanol–water partition coefficient (Wildman–Crippen LogP) is 1.13. The van der Waals surface area contributed by atoms with Crippen LogP contribution in [0.3, 0.4) is 0 Å². The Morgan fingerprint density at radius 3 is 2.87 bits per heavy atom. The lowest BCUT2D eigenvalue weighted by atomic mass is 10.1. The van der Waals surface area contributed by atoms with Crippen LogP contribution in [-0.4, -0.2) is 18.9 Å². The average Bonchev–Trinajstić information content (AvgIpc) is 2.43. The summed E-state index contributed by atoms with van der Waals surface area (Å²) in [5.74, 6) is 0.176. The number of rotatable bonds is 1. The molecule has 1 aromatic carbocycles. The summed E-state index contributed by atoms with van der Waals surface area (Å²) in [6.45, 7) is 1.35. The number of amides is 1. The van der Waals surface area contributed by atoms with Gasteiger partial charge < -0.3 is 9.64 Å². The summed E-state index contributed by atoms with van der Waals surface area (Å²) in [5.41, 5.74) is 1.79. The Morgan fingerprint density at radius 1 is 1.47 bits per heavy atom. The summed E-state index contributed by atoms with van der Waals surface area (Å²) in [4.78, 5) is 23.7. The predicted molar refractivity (Wildman–Crippen MR) is 54.9 cm³/mol. The first-order valence-corrected chi connectivity index (χ1v) is 4.66. The van der Waals surface area contributed by atoms with Crippen LogP contribution in [0.25, 0.3) is 0 Å². The Balaban J connectivity index is 2.35. The number of likely N-dealkylation sites (N-methyl/N-ethyl adjacent to an activating group) is 1. The van der Waals surface area contributed by atoms with Crippen molar-refractivity contribution < 1.29 is 14.3 Å². The minimum absolute atomic E-state index is 0.0602. The third-order valence-corrected chi connectivity index (χ3v) is 2.40. The van der Waals surface area contributed by atoms with Crippen molar-refractivity contribution in [3.05, 3.63) is 23.8 Å². The van der Waals surface area contributed by atoms with Crippen LogP contribution in [0.2, 0.25) is 0 Å². The smallest absolute Gasteiger partial charge is 0.308 e. The lowest BCUT2D eigenvalue weighted by Gasteiger charge is -2.10. The highest BCUT2D eigenvalue weighted by atomic mass is 16.5. The van der Waals surface area contributed by atoms with E-state index in [1.165, 1.54) is 6.92 Å². The number of anilines is 1. The summed E-state index contributed by atoms with van der Waals surface area (Å²) in [5, 5.41) is 0. The van der Waals surface area contributed by atoms with Crippen LogP contribution < -0.4 is 9.64 Å². The van der Waals surface area contributed by atoms with Gasteiger partial charge in [-0.3, -0.25) is 9.59 Å². The van der Waals surface area contributed by atoms with Gasteiger partial charge in [-0.1, -0.05) is 6.07 Å². The zero-order chi connectivity index (χ0) is 11.0. The molecule has 1 aliphatic heterocycles. The molecule has 0 spiro atoms. The Morgan fingerprint density at radius 2 is 2.20 bits per heavy atom. The molecule has 0 unspecified atom stereocenters. The third kappa shape index (κ3) is 1.70. The van der Waals surface area contributed by atoms with Crippen LogP contribution in [0, 0.1) is 0 Å². The van der Waals surface area contributed by atoms with Gasteiger partial charge >= 0.3 is 5.97 Å². The van der Waals surface area contributed by atoms with E-state index >= 15 is 0 Å². The molecule has 1 amide bonds. The van der Waals surface area contributed by atoms with Crippen molar-refractivity contribution in [2.24, 2.45) is 0 Å². The molecule has 0 saturated heterocycles. The van der Waals surface area contributed by atoms with Gasteiger partial charge in [-0.05, 0) is 11.6 Å². The maximum Gasteiger partial charge on any atom is 0.308 e. The van der Waals surface area contributed by atoms with Gasteiger partial charge in [-0.15, -0.1) is 0 Å². The molecular weight excluding hydrogens is 194 g/mol. The number of fused-ring (bicyclic) bond motifs is 1. The fraction of sp³-hybridized carbons (Fsp3) is 0.273. The molecule has 1 aromatic rings. The van der Waals surface area contributed by atoms with Gasteiger partial charge in [-0.25, -0.2) is 0 Å². The van der Waals surface area contributed by atoms with Crippen LogP contribution in [0.5, 0.6) is 5.75 Å². The lowest BCUT2D eigenvalue weighted by Crippen LogP contribution is -2.20. The normalized spacial score (nSPS) is 14.0. The zero-order valence-electron chi connectivity index (χ0n) is 8.61. The molecule has 4 heteroatoms. The van der Waals surface area contributed by atoms with E-state index in [1.807, 2.05) is 6.07 Å². The maximum atomic E-state index is 11.4. The number of benzene rings is 1. The molecule has 0 radical (unpaired) electrons. The maximum absolute atomic E-state index is 11.4. The second-order valence-corrected chi connectivity index (χ2v) is 3.51. The highest BCUT2D eigenvalue weighted by molar-refractivity contribution is 6.01. The summed E-state index contributed by atoms with van der Waals surface area (Å²) in [6.07, 6.45) is 0.423. The summed E-state index contributed by atoms with van der Waals surface area (Å²) < 4.78 is 4.95. The van der Waals surface area contributed by atoms with Crippen LogP contribution >= 0.6 is 0 Å². The number of carbonyl (C=O) groups is 2. The van der Waals surface area contributed by atoms with Crippen LogP contribution in [0.1, 0.15) is 12.5 Å². The van der Waals surface area contributed by atoms with E-state index in [0.29, 0.717) is 12.2 Å². The van der Waals surface area contributed by atoms with Gasteiger partial charge in [0.05, 0.1) is 12.1 Å². The monoisotopic (exact) mass is 205 g/mol. The number of esters is 1. The van der Waals surface area contributed by atoms with E-state index in [0.717, 1.165) is 11.3 Å². The fourth-order valence-corrected chi connectivity index (χ4v) is 1.65. The van der Waals surface area contributed by atoms with Crippen molar-refractivity contribution in [3.63, 3.8) is 0 Å². The largest absolute Gasteiger partial charge is 0.427 e. The van der Waals surface area contributed by atoms with E-state index in [9.17, 15) is 9.59 Å². The number of hydrogen-bond acceptors (Lipinski definition) is 3. The molecular formula is C11H11NO3. The second kappa shape index (κ2) is 3.38. The van der Waals surface area contributed by atoms with Gasteiger partial charge in [0.2, 0.25) is 5.91 Å². The Hall–Kier alpha value is -1.84. The first-order valence-electron chi connectivity index (χ1n) is 4.66. The van der Waals surface area contributed by atoms with Crippen molar-refractivity contribution in [1.82, 2.24) is 0 Å². The molecule has 1 aliphatic rings. The Labute approximate surface area is 87.4 Å². The lowest BCUT2D eigenvalue weighted by molar-refractivity contribution is -0.131. The van der Waals surface area contributed by atoms with E-state index in [4.69, 9.17) is 4.74 Å². The molecule has 2 rings (SSSR count). The molecule has 0 saturated carbocycles. The van der Waals surface area contributed by atoms with Crippen molar-refractivity contribution in [1.29, 1.82) is 0 Å². The molecule has 0 aliphatic carbocycles. The van der Waals surface area contributed by atoms with Crippen molar-refractivity contribution in [2.75, 3.05) is 11.9 Å². The van der Waals surface area contributed by atoms with Crippen molar-refractivity contribution >= 4 is 17.6 Å². The molecule has 0 aromatic heterocycles. The van der Waals surface area contributed by atoms with E-state index < -0.39 is 0 Å². The minimum Gasteiger partial charge on any atom is -0.427 e. The molecule has 0 N–H and O–H groups in total. The minimum atomic E-state index is -0.359. The highest BCUT2D eigenvalue weighted by Gasteiger charge is 2.24. The third-order valence-electron chi connectivity index (χ3n) is 2.40. The van der Waals surface area contributed by atoms with E-state index in [1.54, 1.807) is 24.1 Å². The molecule has 0 fully saturated rings. The molecule has 0 bridgehead atoms. The first kappa shape index (κ1) is 9.71. The Kier molecular flexibility index (Phi) is 2.19. The van der Waals surface area contributed by atoms with Gasteiger partial charge in [0.1, 0.15) is 5.75 Å². The first-order chi connectivity index (χ1) is 7.08. The van der Waals surface area contributed by atoms with E-state index in [-0.39, 0.29) is 11.9 Å². The van der Waals surface area contributed by atoms with E-state index in [2.05, 4.69) is 0 Å². The molecule has 15 heavy (non-hydrogen) atoms. The van der Waals surface area contributed by atoms with Crippen molar-refractivity contribution in [2.45, 2.75) is 13.3 Å². The number of hydrogen-bond donors (Lipinski definition) is 0. The number of carbonyl (C=O) groups excluding carboxylic acids is 2. The highest BCUT2D eigenvalue weighted by Crippen LogP contribution is 2.31. The summed E-state index contributed by atoms with van der Waals surface area (Å²) in [6, 6.07) is 5.23. The topological polar surface area (TPSA) is 46.6 Å². The summed E-state index contributed by atoms with van der Waals surface area (Å²) >= 11 is 0. The average molecular weight is 205 g/mol. The number of nitrogens with zero attached hydrogens (tertiary/aromatic N) is 1. The van der Waals surface area contributed by atoms with Crippen LogP contribution in [-0.2, 0) is 16.0 Å². The molecule has 1 heterocycles. The number of ether oxygens (including phenoxy) is 1. The SMILES string of the molecule is CC(=O)Oc1ccc2c(c1)N(C)C(=O)C2. The van der Waals surface area contributed by atoms with Crippen LogP contribution in [0.4, 0.5) is 5.69 Å². The van der Waals surface area contributed by atoms with Gasteiger partial charge in [0, 0.05) is 20.0 Å². The van der Waals surface area contributed by atoms with Crippen LogP contribution in [0.15, 0.2) is 18.2 Å². The van der Waals surface area contributed by atoms with Crippen molar-refractivity contribution in [3.8, 4) is 5.75 Å². The molecule has 0 atom stereocenters. The van der Waals surface area contributed by atoms with Gasteiger partial charge in [0.15, 0.2) is 0 Å². The fourth-order valence-electron chi connectivity index (χ4n) is 1.65. The molecule has 78 valence electrons. The second-order valence-electron chi connectivity index (χ2n) is 3.51. The Bertz CT molecular complexity index is 439. The summed E-state index contributed by atoms with van der Waals surface area (Å²) in [7, 11) is 1.71. The molecule has 4 nitrogen and oxygen atoms in total. The zero-order valence-corrected chi connectivity index (χ0v) is 8.61.